The van der Waals surface area contributed by atoms with Gasteiger partial charge in [-0.3, -0.25) is 4.90 Å². The van der Waals surface area contributed by atoms with E-state index < -0.39 is 17.9 Å². The fourth-order valence-electron chi connectivity index (χ4n) is 3.66. The number of imidazole rings is 1. The van der Waals surface area contributed by atoms with Crippen molar-refractivity contribution in [3.8, 4) is 22.6 Å². The van der Waals surface area contributed by atoms with Gasteiger partial charge in [-0.25, -0.2) is 9.37 Å². The first-order chi connectivity index (χ1) is 13.9. The molecule has 1 aromatic heterocycles. The number of halogens is 4. The van der Waals surface area contributed by atoms with Gasteiger partial charge < -0.3 is 4.98 Å². The summed E-state index contributed by atoms with van der Waals surface area (Å²) in [6, 6.07) is 13.0. The topological polar surface area (TPSA) is 31.9 Å². The summed E-state index contributed by atoms with van der Waals surface area (Å²) in [6.45, 7) is 2.11. The van der Waals surface area contributed by atoms with Crippen molar-refractivity contribution < 1.29 is 17.6 Å². The van der Waals surface area contributed by atoms with Crippen molar-refractivity contribution in [2.75, 3.05) is 13.1 Å². The van der Waals surface area contributed by atoms with Crippen LogP contribution in [0.5, 0.6) is 0 Å². The van der Waals surface area contributed by atoms with Crippen LogP contribution >= 0.6 is 0 Å². The van der Waals surface area contributed by atoms with Gasteiger partial charge in [0.15, 0.2) is 0 Å². The molecule has 2 heterocycles. The number of nitrogens with zero attached hydrogens (tertiary/aromatic N) is 2. The van der Waals surface area contributed by atoms with Gasteiger partial charge in [-0.1, -0.05) is 36.4 Å². The Balaban J connectivity index is 1.59. The predicted molar refractivity (Wildman–Crippen MR) is 104 cm³/mol. The van der Waals surface area contributed by atoms with Crippen LogP contribution in [0.15, 0.2) is 54.7 Å². The minimum absolute atomic E-state index is 0.432. The number of piperidine rings is 1. The zero-order valence-corrected chi connectivity index (χ0v) is 15.7. The molecule has 3 nitrogen and oxygen atoms in total. The third-order valence-corrected chi connectivity index (χ3v) is 5.26. The summed E-state index contributed by atoms with van der Waals surface area (Å²) in [7, 11) is 0. The Bertz CT molecular complexity index is 972. The lowest BCUT2D eigenvalue weighted by Gasteiger charge is -2.29. The molecule has 1 fully saturated rings. The number of alkyl halides is 4. The van der Waals surface area contributed by atoms with E-state index >= 15 is 0 Å². The number of nitrogens with one attached hydrogen (secondary N) is 1. The molecular formula is C22H21F4N3. The highest BCUT2D eigenvalue weighted by Crippen LogP contribution is 2.32. The van der Waals surface area contributed by atoms with Crippen molar-refractivity contribution in [1.29, 1.82) is 0 Å². The Morgan fingerprint density at radius 1 is 1.03 bits per heavy atom. The molecule has 1 N–H and O–H groups in total. The van der Waals surface area contributed by atoms with E-state index in [9.17, 15) is 17.6 Å². The van der Waals surface area contributed by atoms with Crippen LogP contribution in [0.3, 0.4) is 0 Å². The van der Waals surface area contributed by atoms with Crippen LogP contribution in [0.2, 0.25) is 0 Å². The monoisotopic (exact) mass is 403 g/mol. The highest BCUT2D eigenvalue weighted by atomic mass is 19.4. The number of hydrogen-bond donors (Lipinski definition) is 1. The van der Waals surface area contributed by atoms with Gasteiger partial charge in [-0.15, -0.1) is 0 Å². The van der Waals surface area contributed by atoms with Crippen molar-refractivity contribution in [2.24, 2.45) is 0 Å². The zero-order valence-electron chi connectivity index (χ0n) is 15.7. The first-order valence-electron chi connectivity index (χ1n) is 9.57. The quantitative estimate of drug-likeness (QED) is 0.567. The summed E-state index contributed by atoms with van der Waals surface area (Å²) in [6.07, 6.45) is -2.47. The fourth-order valence-corrected chi connectivity index (χ4v) is 3.66. The molecule has 4 rings (SSSR count). The van der Waals surface area contributed by atoms with Gasteiger partial charge in [0.2, 0.25) is 0 Å². The Labute approximate surface area is 166 Å². The van der Waals surface area contributed by atoms with Crippen LogP contribution in [-0.2, 0) is 12.7 Å². The first kappa shape index (κ1) is 19.6. The maximum absolute atomic E-state index is 13.4. The van der Waals surface area contributed by atoms with Gasteiger partial charge >= 0.3 is 6.18 Å². The summed E-state index contributed by atoms with van der Waals surface area (Å²) in [4.78, 5) is 9.77. The maximum Gasteiger partial charge on any atom is 0.416 e. The Kier molecular flexibility index (Phi) is 5.41. The Hall–Kier alpha value is -2.67. The molecule has 0 atom stereocenters. The van der Waals surface area contributed by atoms with E-state index in [-0.39, 0.29) is 0 Å². The fraction of sp³-hybridized carbons (Fsp3) is 0.318. The lowest BCUT2D eigenvalue weighted by molar-refractivity contribution is -0.137. The zero-order chi connectivity index (χ0) is 20.4. The molecule has 0 saturated carbocycles. The molecule has 29 heavy (non-hydrogen) atoms. The molecule has 0 bridgehead atoms. The summed E-state index contributed by atoms with van der Waals surface area (Å²) < 4.78 is 52.4. The van der Waals surface area contributed by atoms with Gasteiger partial charge in [0, 0.05) is 30.8 Å². The predicted octanol–water partition coefficient (Wildman–Crippen LogP) is 5.70. The average molecular weight is 403 g/mol. The highest BCUT2D eigenvalue weighted by Gasteiger charge is 2.30. The molecule has 0 radical (unpaired) electrons. The lowest BCUT2D eigenvalue weighted by Crippen LogP contribution is -2.34. The number of hydrogen-bond acceptors (Lipinski definition) is 2. The van der Waals surface area contributed by atoms with E-state index in [1.165, 1.54) is 6.07 Å². The second-order valence-electron chi connectivity index (χ2n) is 7.33. The molecule has 0 amide bonds. The van der Waals surface area contributed by atoms with Gasteiger partial charge in [0.05, 0.1) is 17.5 Å². The van der Waals surface area contributed by atoms with E-state index in [0.29, 0.717) is 49.6 Å². The van der Waals surface area contributed by atoms with Crippen LogP contribution in [0, 0.1) is 0 Å². The van der Waals surface area contributed by atoms with E-state index in [4.69, 9.17) is 0 Å². The molecule has 1 saturated heterocycles. The average Bonchev–Trinajstić information content (AvgIpc) is 3.20. The van der Waals surface area contributed by atoms with Gasteiger partial charge in [0.1, 0.15) is 12.0 Å². The number of aromatic nitrogens is 2. The molecule has 1 aliphatic rings. The summed E-state index contributed by atoms with van der Waals surface area (Å²) in [5.41, 5.74) is 2.21. The van der Waals surface area contributed by atoms with E-state index in [1.807, 2.05) is 24.3 Å². The standard InChI is InChI=1S/C22H21F4N3/c23-18-8-10-29(11-9-18)14-16-4-1-2-7-19(16)21-27-13-20(28-21)15-5-3-6-17(12-15)22(24,25)26/h1-7,12-13,18H,8-11,14H2,(H,27,28). The maximum atomic E-state index is 13.4. The Morgan fingerprint density at radius 3 is 2.55 bits per heavy atom. The molecule has 1 aliphatic heterocycles. The lowest BCUT2D eigenvalue weighted by atomic mass is 10.0. The normalized spacial score (nSPS) is 16.3. The van der Waals surface area contributed by atoms with Crippen LogP contribution in [0.1, 0.15) is 24.0 Å². The molecule has 0 unspecified atom stereocenters. The van der Waals surface area contributed by atoms with Crippen LogP contribution in [0.4, 0.5) is 17.6 Å². The van der Waals surface area contributed by atoms with Crippen molar-refractivity contribution in [2.45, 2.75) is 31.7 Å². The number of benzene rings is 2. The molecule has 2 aromatic carbocycles. The van der Waals surface area contributed by atoms with Crippen LogP contribution in [-0.4, -0.2) is 34.1 Å². The molecule has 3 aromatic rings. The number of aromatic amines is 1. The Morgan fingerprint density at radius 2 is 1.79 bits per heavy atom. The summed E-state index contributed by atoms with van der Waals surface area (Å²) in [5.74, 6) is 0.605. The van der Waals surface area contributed by atoms with Crippen molar-refractivity contribution in [1.82, 2.24) is 14.9 Å². The second kappa shape index (κ2) is 7.99. The SMILES string of the molecule is FC1CCN(Cc2ccccc2-c2ncc(-c3cccc(C(F)(F)F)c3)[nH]2)CC1. The third kappa shape index (κ3) is 4.50. The minimum atomic E-state index is -4.39. The second-order valence-corrected chi connectivity index (χ2v) is 7.33. The van der Waals surface area contributed by atoms with E-state index in [2.05, 4.69) is 14.9 Å². The van der Waals surface area contributed by atoms with Gasteiger partial charge in [0.25, 0.3) is 0 Å². The molecular weight excluding hydrogens is 382 g/mol. The first-order valence-corrected chi connectivity index (χ1v) is 9.57. The number of likely N-dealkylation sites (tertiary alicyclic amines) is 1. The van der Waals surface area contributed by atoms with E-state index in [1.54, 1.807) is 12.3 Å². The van der Waals surface area contributed by atoms with Crippen molar-refractivity contribution in [3.05, 3.63) is 65.9 Å². The van der Waals surface area contributed by atoms with Gasteiger partial charge in [-0.2, -0.15) is 13.2 Å². The molecule has 0 aliphatic carbocycles. The number of rotatable bonds is 4. The van der Waals surface area contributed by atoms with E-state index in [0.717, 1.165) is 23.3 Å². The summed E-state index contributed by atoms with van der Waals surface area (Å²) in [5, 5.41) is 0. The number of H-pyrrole nitrogens is 1. The molecule has 0 spiro atoms. The molecule has 7 heteroatoms. The van der Waals surface area contributed by atoms with Crippen molar-refractivity contribution in [3.63, 3.8) is 0 Å². The molecule has 152 valence electrons. The van der Waals surface area contributed by atoms with Gasteiger partial charge in [-0.05, 0) is 30.5 Å². The summed E-state index contributed by atoms with van der Waals surface area (Å²) >= 11 is 0. The van der Waals surface area contributed by atoms with Crippen LogP contribution < -0.4 is 0 Å². The smallest absolute Gasteiger partial charge is 0.338 e. The largest absolute Gasteiger partial charge is 0.416 e. The van der Waals surface area contributed by atoms with Crippen LogP contribution in [0.25, 0.3) is 22.6 Å². The van der Waals surface area contributed by atoms with Crippen molar-refractivity contribution >= 4 is 0 Å². The highest BCUT2D eigenvalue weighted by molar-refractivity contribution is 5.67. The minimum Gasteiger partial charge on any atom is -0.338 e. The third-order valence-electron chi connectivity index (χ3n) is 5.26.